The third kappa shape index (κ3) is 3.93. The third-order valence-electron chi connectivity index (χ3n) is 6.43. The minimum atomic E-state index is -0.900. The van der Waals surface area contributed by atoms with Crippen molar-refractivity contribution in [2.24, 2.45) is 0 Å². The molecule has 25 heavy (non-hydrogen) atoms. The average molecular weight is 352 g/mol. The van der Waals surface area contributed by atoms with E-state index in [-0.39, 0.29) is 18.2 Å². The van der Waals surface area contributed by atoms with Crippen molar-refractivity contribution in [3.05, 3.63) is 11.1 Å². The molecule has 5 heteroatoms. The highest BCUT2D eigenvalue weighted by molar-refractivity contribution is 5.91. The second-order valence-electron chi connectivity index (χ2n) is 9.05. The quantitative estimate of drug-likeness (QED) is 0.656. The minimum Gasteiger partial charge on any atom is -0.454 e. The molecule has 0 radical (unpaired) electrons. The Hall–Kier alpha value is -0.910. The van der Waals surface area contributed by atoms with Crippen LogP contribution in [0.15, 0.2) is 11.1 Å². The summed E-state index contributed by atoms with van der Waals surface area (Å²) in [5.41, 5.74) is -0.419. The van der Waals surface area contributed by atoms with Crippen molar-refractivity contribution in [3.8, 4) is 0 Å². The molecule has 0 amide bonds. The summed E-state index contributed by atoms with van der Waals surface area (Å²) in [5, 5.41) is 21.6. The van der Waals surface area contributed by atoms with E-state index in [0.717, 1.165) is 24.8 Å². The van der Waals surface area contributed by atoms with E-state index in [2.05, 4.69) is 6.92 Å². The number of hydrogen-bond acceptors (Lipinski definition) is 5. The number of aliphatic hydroxyl groups is 2. The topological polar surface area (TPSA) is 76.0 Å². The Labute approximate surface area is 150 Å². The predicted molar refractivity (Wildman–Crippen MR) is 94.0 cm³/mol. The highest BCUT2D eigenvalue weighted by Crippen LogP contribution is 2.43. The molecule has 142 valence electrons. The normalized spacial score (nSPS) is 46.1. The average Bonchev–Trinajstić information content (AvgIpc) is 2.99. The molecule has 0 saturated carbocycles. The smallest absolute Gasteiger partial charge is 0.334 e. The molecule has 0 aromatic heterocycles. The number of carbonyl (C=O) groups is 1. The molecule has 0 aromatic rings. The van der Waals surface area contributed by atoms with Gasteiger partial charge in [-0.15, -0.1) is 0 Å². The van der Waals surface area contributed by atoms with E-state index in [1.807, 2.05) is 20.8 Å². The van der Waals surface area contributed by atoms with Crippen LogP contribution in [0.25, 0.3) is 0 Å². The zero-order valence-corrected chi connectivity index (χ0v) is 15.9. The first-order chi connectivity index (χ1) is 11.5. The maximum atomic E-state index is 12.1. The summed E-state index contributed by atoms with van der Waals surface area (Å²) in [6.45, 7) is 7.55. The lowest BCUT2D eigenvalue weighted by Crippen LogP contribution is -2.42. The van der Waals surface area contributed by atoms with Gasteiger partial charge in [0.05, 0.1) is 22.9 Å². The highest BCUT2D eigenvalue weighted by atomic mass is 16.6. The first-order valence-electron chi connectivity index (χ1n) is 9.55. The van der Waals surface area contributed by atoms with Crippen LogP contribution >= 0.6 is 0 Å². The highest BCUT2D eigenvalue weighted by Gasteiger charge is 2.47. The third-order valence-corrected chi connectivity index (χ3v) is 6.43. The Bertz CT molecular complexity index is 577. The molecule has 0 unspecified atom stereocenters. The summed E-state index contributed by atoms with van der Waals surface area (Å²) in [6.07, 6.45) is 5.01. The van der Waals surface area contributed by atoms with Crippen LogP contribution in [-0.4, -0.2) is 45.2 Å². The Kier molecular flexibility index (Phi) is 4.80. The lowest BCUT2D eigenvalue weighted by molar-refractivity contribution is -0.149. The Morgan fingerprint density at radius 2 is 1.80 bits per heavy atom. The number of hydrogen-bond donors (Lipinski definition) is 2. The van der Waals surface area contributed by atoms with Gasteiger partial charge >= 0.3 is 5.97 Å². The SMILES string of the molecule is CC1=C2CC[C@@](C)(O)CCC[C@](C)(O)[C@@H]3CC[C@](C)(C[C@@H]2OC1=O)O3. The second-order valence-corrected chi connectivity index (χ2v) is 9.05. The van der Waals surface area contributed by atoms with E-state index >= 15 is 0 Å². The van der Waals surface area contributed by atoms with E-state index in [1.54, 1.807) is 0 Å². The summed E-state index contributed by atoms with van der Waals surface area (Å²) >= 11 is 0. The van der Waals surface area contributed by atoms with Gasteiger partial charge in [0.25, 0.3) is 0 Å². The van der Waals surface area contributed by atoms with Gasteiger partial charge in [-0.1, -0.05) is 0 Å². The van der Waals surface area contributed by atoms with Crippen LogP contribution in [-0.2, 0) is 14.3 Å². The van der Waals surface area contributed by atoms with Crippen molar-refractivity contribution >= 4 is 5.97 Å². The fraction of sp³-hybridized carbons (Fsp3) is 0.850. The Morgan fingerprint density at radius 3 is 2.52 bits per heavy atom. The summed E-state index contributed by atoms with van der Waals surface area (Å²) in [5.74, 6) is -0.253. The first kappa shape index (κ1) is 18.9. The molecule has 3 aliphatic heterocycles. The zero-order chi connectivity index (χ0) is 18.5. The molecule has 0 spiro atoms. The molecule has 5 nitrogen and oxygen atoms in total. The van der Waals surface area contributed by atoms with Crippen molar-refractivity contribution in [2.45, 2.75) is 108 Å². The van der Waals surface area contributed by atoms with Crippen LogP contribution in [0.2, 0.25) is 0 Å². The van der Waals surface area contributed by atoms with Crippen LogP contribution in [0.1, 0.15) is 79.1 Å². The molecule has 2 N–H and O–H groups in total. The van der Waals surface area contributed by atoms with E-state index in [1.165, 1.54) is 0 Å². The second kappa shape index (κ2) is 6.36. The first-order valence-corrected chi connectivity index (χ1v) is 9.55. The lowest BCUT2D eigenvalue weighted by atomic mass is 9.83. The maximum Gasteiger partial charge on any atom is 0.334 e. The van der Waals surface area contributed by atoms with Gasteiger partial charge in [-0.05, 0) is 78.2 Å². The largest absolute Gasteiger partial charge is 0.454 e. The van der Waals surface area contributed by atoms with Gasteiger partial charge in [-0.2, -0.15) is 0 Å². The molecule has 2 saturated heterocycles. The minimum absolute atomic E-state index is 0.214. The lowest BCUT2D eigenvalue weighted by Gasteiger charge is -2.34. The summed E-state index contributed by atoms with van der Waals surface area (Å²) in [4.78, 5) is 12.1. The molecule has 0 aromatic carbocycles. The van der Waals surface area contributed by atoms with E-state index in [0.29, 0.717) is 37.7 Å². The fourth-order valence-corrected chi connectivity index (χ4v) is 4.57. The molecular formula is C20H32O5. The summed E-state index contributed by atoms with van der Waals surface area (Å²) < 4.78 is 11.9. The number of rotatable bonds is 0. The van der Waals surface area contributed by atoms with Gasteiger partial charge in [-0.3, -0.25) is 0 Å². The van der Waals surface area contributed by atoms with Crippen LogP contribution in [0.4, 0.5) is 0 Å². The van der Waals surface area contributed by atoms with Gasteiger partial charge in [0.1, 0.15) is 6.10 Å². The fourth-order valence-electron chi connectivity index (χ4n) is 4.57. The molecule has 2 fully saturated rings. The van der Waals surface area contributed by atoms with Gasteiger partial charge in [0.2, 0.25) is 0 Å². The van der Waals surface area contributed by atoms with Gasteiger partial charge < -0.3 is 19.7 Å². The number of fused-ring (bicyclic) bond motifs is 3. The summed E-state index contributed by atoms with van der Waals surface area (Å²) in [7, 11) is 0. The van der Waals surface area contributed by atoms with Crippen molar-refractivity contribution in [3.63, 3.8) is 0 Å². The molecule has 0 aliphatic carbocycles. The predicted octanol–water partition coefficient (Wildman–Crippen LogP) is 3.02. The molecule has 3 aliphatic rings. The number of ether oxygens (including phenoxy) is 2. The van der Waals surface area contributed by atoms with Crippen molar-refractivity contribution in [1.82, 2.24) is 0 Å². The summed E-state index contributed by atoms with van der Waals surface area (Å²) in [6, 6.07) is 0. The van der Waals surface area contributed by atoms with Crippen LogP contribution in [0.5, 0.6) is 0 Å². The van der Waals surface area contributed by atoms with Gasteiger partial charge in [0, 0.05) is 12.0 Å². The molecule has 2 bridgehead atoms. The maximum absolute atomic E-state index is 12.1. The van der Waals surface area contributed by atoms with E-state index < -0.39 is 16.8 Å². The van der Waals surface area contributed by atoms with E-state index in [4.69, 9.17) is 9.47 Å². The molecule has 5 atom stereocenters. The Balaban J connectivity index is 1.88. The van der Waals surface area contributed by atoms with Crippen LogP contribution in [0.3, 0.4) is 0 Å². The monoisotopic (exact) mass is 352 g/mol. The number of esters is 1. The number of carbonyl (C=O) groups excluding carboxylic acids is 1. The van der Waals surface area contributed by atoms with Gasteiger partial charge in [-0.25, -0.2) is 4.79 Å². The standard InChI is InChI=1S/C20H32O5/c1-13-14-6-10-18(2,22)8-5-9-20(4,23)16-7-11-19(3,25-16)12-15(14)24-17(13)21/h15-16,22-23H,5-12H2,1-4H3/t15-,16-,18-,19+,20-/m0/s1. The van der Waals surface area contributed by atoms with Crippen LogP contribution < -0.4 is 0 Å². The van der Waals surface area contributed by atoms with Crippen LogP contribution in [0, 0.1) is 0 Å². The van der Waals surface area contributed by atoms with Crippen molar-refractivity contribution in [1.29, 1.82) is 0 Å². The Morgan fingerprint density at radius 1 is 1.08 bits per heavy atom. The van der Waals surface area contributed by atoms with Gasteiger partial charge in [0.15, 0.2) is 0 Å². The van der Waals surface area contributed by atoms with Crippen molar-refractivity contribution in [2.75, 3.05) is 0 Å². The molecule has 3 rings (SSSR count). The van der Waals surface area contributed by atoms with E-state index in [9.17, 15) is 15.0 Å². The van der Waals surface area contributed by atoms with Crippen molar-refractivity contribution < 1.29 is 24.5 Å². The zero-order valence-electron chi connectivity index (χ0n) is 15.9. The molecular weight excluding hydrogens is 320 g/mol. The molecule has 3 heterocycles.